The van der Waals surface area contributed by atoms with Crippen molar-refractivity contribution in [2.24, 2.45) is 0 Å². The van der Waals surface area contributed by atoms with Crippen LogP contribution in [0.5, 0.6) is 5.75 Å². The van der Waals surface area contributed by atoms with E-state index in [0.29, 0.717) is 16.3 Å². The molecule has 0 unspecified atom stereocenters. The van der Waals surface area contributed by atoms with Gasteiger partial charge in [0.05, 0.1) is 12.7 Å². The van der Waals surface area contributed by atoms with Crippen molar-refractivity contribution >= 4 is 45.5 Å². The molecule has 0 saturated heterocycles. The smallest absolute Gasteiger partial charge is 0.341 e. The Bertz CT molecular complexity index is 849. The van der Waals surface area contributed by atoms with Crippen LogP contribution in [0.1, 0.15) is 33.6 Å². The highest BCUT2D eigenvalue weighted by Crippen LogP contribution is 2.38. The summed E-state index contributed by atoms with van der Waals surface area (Å²) in [5.41, 5.74) is 1.55. The van der Waals surface area contributed by atoms with E-state index in [1.165, 1.54) is 23.3 Å². The van der Waals surface area contributed by atoms with Crippen molar-refractivity contribution in [3.63, 3.8) is 0 Å². The van der Waals surface area contributed by atoms with Gasteiger partial charge in [-0.25, -0.2) is 4.79 Å². The zero-order chi connectivity index (χ0) is 19.2. The predicted molar refractivity (Wildman–Crippen MR) is 109 cm³/mol. The van der Waals surface area contributed by atoms with E-state index < -0.39 is 5.97 Å². The lowest BCUT2D eigenvalue weighted by Crippen LogP contribution is -2.37. The second kappa shape index (κ2) is 8.96. The summed E-state index contributed by atoms with van der Waals surface area (Å²) in [6.45, 7) is -0.156. The second-order valence-corrected chi connectivity index (χ2v) is 7.52. The molecule has 3 rings (SSSR count). The van der Waals surface area contributed by atoms with E-state index in [2.05, 4.69) is 10.6 Å². The number of amides is 1. The number of carbonyl (C=O) groups is 2. The summed E-state index contributed by atoms with van der Waals surface area (Å²) in [6, 6.07) is 9.05. The molecule has 0 saturated carbocycles. The molecule has 2 aromatic rings. The standard InChI is InChI=1S/C19H20N2O4S2/c1-24-18(23)16-13-9-5-6-10-14(13)27-17(16)21-19(26)20-15(22)11-25-12-7-3-2-4-8-12/h2-4,7-8H,5-6,9-11H2,1H3,(H2,20,21,22,26). The first kappa shape index (κ1) is 19.3. The molecule has 1 amide bonds. The molecule has 0 spiro atoms. The highest BCUT2D eigenvalue weighted by Gasteiger charge is 2.26. The SMILES string of the molecule is COC(=O)c1c(NC(=S)NC(=O)COc2ccccc2)sc2c1CCCC2. The summed E-state index contributed by atoms with van der Waals surface area (Å²) < 4.78 is 10.3. The summed E-state index contributed by atoms with van der Waals surface area (Å²) in [6.07, 6.45) is 3.94. The molecule has 6 nitrogen and oxygen atoms in total. The minimum atomic E-state index is -0.390. The molecular formula is C19H20N2O4S2. The topological polar surface area (TPSA) is 76.7 Å². The van der Waals surface area contributed by atoms with Gasteiger partial charge in [0.1, 0.15) is 10.8 Å². The fraction of sp³-hybridized carbons (Fsp3) is 0.316. The number of thiocarbonyl (C=S) groups is 1. The van der Waals surface area contributed by atoms with Crippen LogP contribution >= 0.6 is 23.6 Å². The molecule has 142 valence electrons. The van der Waals surface area contributed by atoms with Crippen molar-refractivity contribution in [3.8, 4) is 5.75 Å². The summed E-state index contributed by atoms with van der Waals surface area (Å²) >= 11 is 6.71. The van der Waals surface area contributed by atoms with E-state index >= 15 is 0 Å². The molecule has 0 bridgehead atoms. The minimum Gasteiger partial charge on any atom is -0.484 e. The fourth-order valence-electron chi connectivity index (χ4n) is 2.93. The lowest BCUT2D eigenvalue weighted by molar-refractivity contribution is -0.121. The van der Waals surface area contributed by atoms with E-state index in [0.717, 1.165) is 31.2 Å². The number of hydrogen-bond acceptors (Lipinski definition) is 6. The molecule has 1 aliphatic carbocycles. The molecule has 0 fully saturated rings. The van der Waals surface area contributed by atoms with Gasteiger partial charge >= 0.3 is 5.97 Å². The van der Waals surface area contributed by atoms with E-state index in [-0.39, 0.29) is 17.6 Å². The molecule has 1 heterocycles. The number of hydrogen-bond donors (Lipinski definition) is 2. The van der Waals surface area contributed by atoms with Crippen LogP contribution in [0.15, 0.2) is 30.3 Å². The van der Waals surface area contributed by atoms with Gasteiger partial charge in [-0.15, -0.1) is 11.3 Å². The van der Waals surface area contributed by atoms with Crippen molar-refractivity contribution < 1.29 is 19.1 Å². The lowest BCUT2D eigenvalue weighted by atomic mass is 9.95. The highest BCUT2D eigenvalue weighted by atomic mass is 32.1. The number of benzene rings is 1. The first-order chi connectivity index (χ1) is 13.1. The second-order valence-electron chi connectivity index (χ2n) is 6.01. The summed E-state index contributed by atoms with van der Waals surface area (Å²) in [5, 5.41) is 6.29. The van der Waals surface area contributed by atoms with Crippen LogP contribution in [0.25, 0.3) is 0 Å². The average Bonchev–Trinajstić information content (AvgIpc) is 3.04. The predicted octanol–water partition coefficient (Wildman–Crippen LogP) is 3.31. The zero-order valence-corrected chi connectivity index (χ0v) is 16.5. The number of carbonyl (C=O) groups excluding carboxylic acids is 2. The van der Waals surface area contributed by atoms with Gasteiger partial charge in [0.15, 0.2) is 11.7 Å². The molecule has 27 heavy (non-hydrogen) atoms. The maximum absolute atomic E-state index is 12.2. The number of thiophene rings is 1. The van der Waals surface area contributed by atoms with Crippen molar-refractivity contribution in [2.45, 2.75) is 25.7 Å². The van der Waals surface area contributed by atoms with E-state index in [4.69, 9.17) is 21.7 Å². The monoisotopic (exact) mass is 404 g/mol. The maximum atomic E-state index is 12.2. The van der Waals surface area contributed by atoms with Crippen molar-refractivity contribution in [1.82, 2.24) is 5.32 Å². The van der Waals surface area contributed by atoms with Gasteiger partial charge in [-0.1, -0.05) is 18.2 Å². The summed E-state index contributed by atoms with van der Waals surface area (Å²) in [7, 11) is 1.36. The van der Waals surface area contributed by atoms with E-state index in [9.17, 15) is 9.59 Å². The molecule has 0 atom stereocenters. The number of ether oxygens (including phenoxy) is 2. The number of methoxy groups -OCH3 is 1. The van der Waals surface area contributed by atoms with Gasteiger partial charge < -0.3 is 14.8 Å². The first-order valence-corrected chi connectivity index (χ1v) is 9.82. The third-order valence-corrected chi connectivity index (χ3v) is 5.57. The molecule has 1 aliphatic rings. The Morgan fingerprint density at radius 1 is 1.19 bits per heavy atom. The van der Waals surface area contributed by atoms with Crippen LogP contribution in [-0.2, 0) is 22.4 Å². The Hall–Kier alpha value is -2.45. The van der Waals surface area contributed by atoms with Crippen molar-refractivity contribution in [2.75, 3.05) is 19.0 Å². The largest absolute Gasteiger partial charge is 0.484 e. The number of esters is 1. The van der Waals surface area contributed by atoms with Gasteiger partial charge in [0.2, 0.25) is 0 Å². The van der Waals surface area contributed by atoms with Crippen LogP contribution < -0.4 is 15.4 Å². The number of para-hydroxylation sites is 1. The van der Waals surface area contributed by atoms with Gasteiger partial charge in [0, 0.05) is 4.88 Å². The van der Waals surface area contributed by atoms with Gasteiger partial charge in [0.25, 0.3) is 5.91 Å². The number of aryl methyl sites for hydroxylation is 1. The number of anilines is 1. The molecule has 8 heteroatoms. The van der Waals surface area contributed by atoms with Crippen LogP contribution in [0.4, 0.5) is 5.00 Å². The summed E-state index contributed by atoms with van der Waals surface area (Å²) in [5.74, 6) is -0.166. The summed E-state index contributed by atoms with van der Waals surface area (Å²) in [4.78, 5) is 25.4. The number of fused-ring (bicyclic) bond motifs is 1. The van der Waals surface area contributed by atoms with Crippen LogP contribution in [0, 0.1) is 0 Å². The molecular weight excluding hydrogens is 384 g/mol. The van der Waals surface area contributed by atoms with Gasteiger partial charge in [-0.2, -0.15) is 0 Å². The Balaban J connectivity index is 1.62. The first-order valence-electron chi connectivity index (χ1n) is 8.60. The molecule has 1 aromatic carbocycles. The Morgan fingerprint density at radius 3 is 2.67 bits per heavy atom. The Kier molecular flexibility index (Phi) is 6.41. The average molecular weight is 405 g/mol. The van der Waals surface area contributed by atoms with Gasteiger partial charge in [-0.05, 0) is 55.6 Å². The number of nitrogens with one attached hydrogen (secondary N) is 2. The molecule has 0 aliphatic heterocycles. The zero-order valence-electron chi connectivity index (χ0n) is 14.9. The van der Waals surface area contributed by atoms with Crippen LogP contribution in [0.3, 0.4) is 0 Å². The van der Waals surface area contributed by atoms with Crippen molar-refractivity contribution in [3.05, 3.63) is 46.3 Å². The van der Waals surface area contributed by atoms with E-state index in [1.54, 1.807) is 12.1 Å². The van der Waals surface area contributed by atoms with Crippen LogP contribution in [0.2, 0.25) is 0 Å². The molecule has 2 N–H and O–H groups in total. The molecule has 1 aromatic heterocycles. The van der Waals surface area contributed by atoms with Gasteiger partial charge in [-0.3, -0.25) is 10.1 Å². The van der Waals surface area contributed by atoms with Crippen LogP contribution in [-0.4, -0.2) is 30.7 Å². The maximum Gasteiger partial charge on any atom is 0.341 e. The number of rotatable bonds is 5. The lowest BCUT2D eigenvalue weighted by Gasteiger charge is -2.12. The normalized spacial score (nSPS) is 12.6. The minimum absolute atomic E-state index is 0.125. The quantitative estimate of drug-likeness (QED) is 0.588. The fourth-order valence-corrected chi connectivity index (χ4v) is 4.50. The third kappa shape index (κ3) is 4.84. The highest BCUT2D eigenvalue weighted by molar-refractivity contribution is 7.80. The third-order valence-electron chi connectivity index (χ3n) is 4.15. The van der Waals surface area contributed by atoms with Crippen molar-refractivity contribution in [1.29, 1.82) is 0 Å². The Labute approximate surface area is 166 Å². The molecule has 0 radical (unpaired) electrons. The Morgan fingerprint density at radius 2 is 1.93 bits per heavy atom. The van der Waals surface area contributed by atoms with E-state index in [1.807, 2.05) is 18.2 Å².